The molecular formula is C28H27F2N7O2. The second-order valence-corrected chi connectivity index (χ2v) is 8.94. The normalized spacial score (nSPS) is 10.8. The Morgan fingerprint density at radius 1 is 1.10 bits per heavy atom. The summed E-state index contributed by atoms with van der Waals surface area (Å²) < 4.78 is 30.6. The minimum atomic E-state index is -0.930. The lowest BCUT2D eigenvalue weighted by atomic mass is 9.99. The Morgan fingerprint density at radius 3 is 2.54 bits per heavy atom. The molecule has 0 fully saturated rings. The summed E-state index contributed by atoms with van der Waals surface area (Å²) in [7, 11) is 1.62. The van der Waals surface area contributed by atoms with Crippen molar-refractivity contribution in [3.63, 3.8) is 0 Å². The number of anilines is 1. The van der Waals surface area contributed by atoms with Gasteiger partial charge in [-0.05, 0) is 49.2 Å². The van der Waals surface area contributed by atoms with E-state index < -0.39 is 22.9 Å². The SMILES string of the molecule is CCCNC(=O)c1ccc(C)c(-c2nc(NCCN(C)C#N)nc3c2ccc(=O)n3-c2c(F)cccc2F)c1. The van der Waals surface area contributed by atoms with Gasteiger partial charge in [0.25, 0.3) is 11.5 Å². The number of amides is 1. The highest BCUT2D eigenvalue weighted by molar-refractivity contribution is 5.98. The summed E-state index contributed by atoms with van der Waals surface area (Å²) in [5.41, 5.74) is 0.884. The number of carbonyl (C=O) groups excluding carboxylic acids is 1. The van der Waals surface area contributed by atoms with Crippen molar-refractivity contribution in [2.75, 3.05) is 32.0 Å². The Balaban J connectivity index is 1.98. The van der Waals surface area contributed by atoms with Gasteiger partial charge in [0.2, 0.25) is 5.95 Å². The largest absolute Gasteiger partial charge is 0.352 e. The van der Waals surface area contributed by atoms with Crippen LogP contribution in [0, 0.1) is 30.0 Å². The number of nitriles is 1. The Morgan fingerprint density at radius 2 is 1.85 bits per heavy atom. The predicted molar refractivity (Wildman–Crippen MR) is 145 cm³/mol. The van der Waals surface area contributed by atoms with E-state index in [9.17, 15) is 18.4 Å². The lowest BCUT2D eigenvalue weighted by Crippen LogP contribution is -2.24. The molecule has 2 N–H and O–H groups in total. The molecule has 0 radical (unpaired) electrons. The molecule has 39 heavy (non-hydrogen) atoms. The zero-order chi connectivity index (χ0) is 28.1. The quantitative estimate of drug-likeness (QED) is 0.248. The molecule has 0 unspecified atom stereocenters. The van der Waals surface area contributed by atoms with Crippen LogP contribution in [0.3, 0.4) is 0 Å². The van der Waals surface area contributed by atoms with E-state index in [2.05, 4.69) is 20.6 Å². The topological polar surface area (TPSA) is 116 Å². The minimum absolute atomic E-state index is 0.0205. The highest BCUT2D eigenvalue weighted by Crippen LogP contribution is 2.31. The van der Waals surface area contributed by atoms with Crippen LogP contribution in [-0.2, 0) is 0 Å². The zero-order valence-corrected chi connectivity index (χ0v) is 21.8. The van der Waals surface area contributed by atoms with Crippen LogP contribution >= 0.6 is 0 Å². The van der Waals surface area contributed by atoms with E-state index >= 15 is 0 Å². The maximum Gasteiger partial charge on any atom is 0.256 e. The molecule has 0 aliphatic rings. The smallest absolute Gasteiger partial charge is 0.256 e. The predicted octanol–water partition coefficient (Wildman–Crippen LogP) is 4.00. The monoisotopic (exact) mass is 531 g/mol. The Bertz CT molecular complexity index is 1630. The van der Waals surface area contributed by atoms with E-state index in [0.717, 1.165) is 28.7 Å². The van der Waals surface area contributed by atoms with E-state index in [0.29, 0.717) is 35.3 Å². The zero-order valence-electron chi connectivity index (χ0n) is 21.8. The first-order chi connectivity index (χ1) is 18.7. The lowest BCUT2D eigenvalue weighted by molar-refractivity contribution is 0.0953. The first-order valence-electron chi connectivity index (χ1n) is 12.4. The van der Waals surface area contributed by atoms with Crippen LogP contribution in [0.5, 0.6) is 0 Å². The highest BCUT2D eigenvalue weighted by Gasteiger charge is 2.21. The third-order valence-corrected chi connectivity index (χ3v) is 6.10. The molecule has 1 amide bonds. The summed E-state index contributed by atoms with van der Waals surface area (Å²) in [5.74, 6) is -2.03. The summed E-state index contributed by atoms with van der Waals surface area (Å²) in [6.45, 7) is 4.93. The van der Waals surface area contributed by atoms with Crippen molar-refractivity contribution in [2.24, 2.45) is 0 Å². The average Bonchev–Trinajstić information content (AvgIpc) is 2.92. The van der Waals surface area contributed by atoms with Gasteiger partial charge in [-0.3, -0.25) is 14.2 Å². The van der Waals surface area contributed by atoms with Crippen molar-refractivity contribution in [2.45, 2.75) is 20.3 Å². The molecule has 0 aliphatic carbocycles. The van der Waals surface area contributed by atoms with Crippen LogP contribution in [0.25, 0.3) is 28.0 Å². The summed E-state index contributed by atoms with van der Waals surface area (Å²) in [4.78, 5) is 36.2. The number of halogens is 2. The van der Waals surface area contributed by atoms with E-state index in [1.54, 1.807) is 25.2 Å². The van der Waals surface area contributed by atoms with Crippen molar-refractivity contribution < 1.29 is 13.6 Å². The Labute approximate surface area is 223 Å². The fourth-order valence-corrected chi connectivity index (χ4v) is 4.06. The van der Waals surface area contributed by atoms with Gasteiger partial charge in [-0.2, -0.15) is 10.2 Å². The molecule has 4 aromatic rings. The molecule has 11 heteroatoms. The van der Waals surface area contributed by atoms with Gasteiger partial charge in [-0.25, -0.2) is 13.8 Å². The Hall–Kier alpha value is -4.85. The van der Waals surface area contributed by atoms with Gasteiger partial charge in [0.1, 0.15) is 17.3 Å². The van der Waals surface area contributed by atoms with Crippen molar-refractivity contribution in [1.29, 1.82) is 5.26 Å². The highest BCUT2D eigenvalue weighted by atomic mass is 19.1. The molecule has 2 aromatic carbocycles. The molecule has 2 aromatic heterocycles. The number of hydrogen-bond donors (Lipinski definition) is 2. The van der Waals surface area contributed by atoms with Gasteiger partial charge in [-0.15, -0.1) is 0 Å². The fourth-order valence-electron chi connectivity index (χ4n) is 4.06. The van der Waals surface area contributed by atoms with E-state index in [-0.39, 0.29) is 24.0 Å². The van der Waals surface area contributed by atoms with Crippen LogP contribution in [0.2, 0.25) is 0 Å². The second kappa shape index (κ2) is 11.7. The van der Waals surface area contributed by atoms with Crippen LogP contribution in [0.1, 0.15) is 29.3 Å². The van der Waals surface area contributed by atoms with Crippen LogP contribution < -0.4 is 16.2 Å². The molecule has 200 valence electrons. The fraction of sp³-hybridized carbons (Fsp3) is 0.250. The number of para-hydroxylation sites is 1. The molecular weight excluding hydrogens is 504 g/mol. The third kappa shape index (κ3) is 5.70. The number of nitrogens with one attached hydrogen (secondary N) is 2. The summed E-state index contributed by atoms with van der Waals surface area (Å²) >= 11 is 0. The lowest BCUT2D eigenvalue weighted by Gasteiger charge is -2.17. The molecule has 0 aliphatic heterocycles. The van der Waals surface area contributed by atoms with Crippen molar-refractivity contribution in [3.8, 4) is 23.1 Å². The summed E-state index contributed by atoms with van der Waals surface area (Å²) in [5, 5.41) is 15.3. The number of benzene rings is 2. The molecule has 4 rings (SSSR count). The number of likely N-dealkylation sites (N-methyl/N-ethyl adjacent to an activating group) is 1. The van der Waals surface area contributed by atoms with Gasteiger partial charge in [0.15, 0.2) is 11.8 Å². The van der Waals surface area contributed by atoms with Gasteiger partial charge >= 0.3 is 0 Å². The van der Waals surface area contributed by atoms with Crippen LogP contribution in [-0.4, -0.2) is 52.0 Å². The van der Waals surface area contributed by atoms with E-state index in [1.807, 2.05) is 20.0 Å². The standard InChI is InChI=1S/C28H27F2N7O2/c1-4-12-32-27(39)18-9-8-17(2)20(15-18)24-19-10-11-23(38)37(25-21(29)6-5-7-22(25)30)26(19)35-28(34-24)33-13-14-36(3)16-31/h5-11,15H,4,12-14H2,1-3H3,(H,32,39)(H,33,34,35). The second-order valence-electron chi connectivity index (χ2n) is 8.94. The first-order valence-corrected chi connectivity index (χ1v) is 12.4. The molecule has 0 saturated carbocycles. The van der Waals surface area contributed by atoms with E-state index in [4.69, 9.17) is 5.26 Å². The van der Waals surface area contributed by atoms with Gasteiger partial charge < -0.3 is 15.5 Å². The third-order valence-electron chi connectivity index (χ3n) is 6.10. The van der Waals surface area contributed by atoms with E-state index in [1.165, 1.54) is 23.1 Å². The average molecular weight is 532 g/mol. The van der Waals surface area contributed by atoms with Crippen LogP contribution in [0.4, 0.5) is 14.7 Å². The van der Waals surface area contributed by atoms with Crippen molar-refractivity contribution in [1.82, 2.24) is 24.8 Å². The number of aryl methyl sites for hydroxylation is 1. The van der Waals surface area contributed by atoms with Gasteiger partial charge in [0.05, 0.1) is 5.69 Å². The van der Waals surface area contributed by atoms with Crippen molar-refractivity contribution >= 4 is 22.9 Å². The number of nitrogens with zero attached hydrogens (tertiary/aromatic N) is 5. The van der Waals surface area contributed by atoms with Crippen LogP contribution in [0.15, 0.2) is 53.3 Å². The Kier molecular flexibility index (Phi) is 8.15. The number of hydrogen-bond acceptors (Lipinski definition) is 7. The number of aromatic nitrogens is 3. The molecule has 2 heterocycles. The minimum Gasteiger partial charge on any atom is -0.352 e. The maximum atomic E-state index is 14.9. The molecule has 0 saturated heterocycles. The van der Waals surface area contributed by atoms with Crippen molar-refractivity contribution in [3.05, 3.63) is 81.6 Å². The summed E-state index contributed by atoms with van der Waals surface area (Å²) in [6, 6.07) is 11.2. The number of pyridine rings is 1. The van der Waals surface area contributed by atoms with Gasteiger partial charge in [0, 0.05) is 49.3 Å². The summed E-state index contributed by atoms with van der Waals surface area (Å²) in [6.07, 6.45) is 2.77. The number of carbonyl (C=O) groups is 1. The molecule has 9 nitrogen and oxygen atoms in total. The molecule has 0 spiro atoms. The first kappa shape index (κ1) is 27.2. The number of fused-ring (bicyclic) bond motifs is 1. The number of rotatable bonds is 9. The molecule has 0 atom stereocenters. The maximum absolute atomic E-state index is 14.9. The molecule has 0 bridgehead atoms. The van der Waals surface area contributed by atoms with Gasteiger partial charge in [-0.1, -0.05) is 19.1 Å².